The highest BCUT2D eigenvalue weighted by Crippen LogP contribution is 2.32. The number of rotatable bonds is 8. The Morgan fingerprint density at radius 2 is 1.89 bits per heavy atom. The maximum absolute atomic E-state index is 13.3. The Balaban J connectivity index is 1.96. The molecule has 0 unspecified atom stereocenters. The van der Waals surface area contributed by atoms with Crippen LogP contribution in [0.15, 0.2) is 30.3 Å². The summed E-state index contributed by atoms with van der Waals surface area (Å²) in [5.74, 6) is 0.596. The van der Waals surface area contributed by atoms with E-state index in [1.54, 1.807) is 46.0 Å². The Labute approximate surface area is 212 Å². The second kappa shape index (κ2) is 11.0. The molecule has 1 heterocycles. The molecule has 2 aromatic carbocycles. The predicted molar refractivity (Wildman–Crippen MR) is 144 cm³/mol. The highest BCUT2D eigenvalue weighted by atomic mass is 16.6. The number of aromatic amines is 1. The van der Waals surface area contributed by atoms with E-state index < -0.39 is 11.7 Å². The van der Waals surface area contributed by atoms with Crippen molar-refractivity contribution in [2.45, 2.75) is 53.1 Å². The highest BCUT2D eigenvalue weighted by Gasteiger charge is 2.24. The minimum absolute atomic E-state index is 0.0123. The van der Waals surface area contributed by atoms with Crippen LogP contribution in [0.1, 0.15) is 55.9 Å². The molecule has 3 N–H and O–H groups in total. The van der Waals surface area contributed by atoms with Crippen LogP contribution in [0.25, 0.3) is 11.0 Å². The SMILES string of the molecule is CCCc1nc2c(C)cc(C(=O)Nc3ccc(N(C)CCO)cc3N(C)C(=O)OC(C)(C)C)cc2[nH]1. The Bertz CT molecular complexity index is 1240. The number of nitrogens with zero attached hydrogens (tertiary/aromatic N) is 3. The van der Waals surface area contributed by atoms with Gasteiger partial charge in [0, 0.05) is 38.3 Å². The summed E-state index contributed by atoms with van der Waals surface area (Å²) in [4.78, 5) is 37.3. The van der Waals surface area contributed by atoms with Gasteiger partial charge in [0.1, 0.15) is 11.4 Å². The number of carbonyl (C=O) groups is 2. The molecular formula is C27H37N5O4. The van der Waals surface area contributed by atoms with Crippen LogP contribution in [0.2, 0.25) is 0 Å². The number of aliphatic hydroxyl groups is 1. The lowest BCUT2D eigenvalue weighted by Crippen LogP contribution is -2.35. The number of aryl methyl sites for hydroxylation is 2. The number of ether oxygens (including phenoxy) is 1. The van der Waals surface area contributed by atoms with Gasteiger partial charge in [0.15, 0.2) is 0 Å². The molecule has 9 heteroatoms. The summed E-state index contributed by atoms with van der Waals surface area (Å²) in [5.41, 5.74) is 4.11. The Morgan fingerprint density at radius 1 is 1.17 bits per heavy atom. The third-order valence-electron chi connectivity index (χ3n) is 5.71. The molecule has 3 aromatic rings. The first-order valence-corrected chi connectivity index (χ1v) is 12.2. The maximum atomic E-state index is 13.3. The zero-order valence-electron chi connectivity index (χ0n) is 22.2. The van der Waals surface area contributed by atoms with Crippen molar-refractivity contribution >= 4 is 40.1 Å². The van der Waals surface area contributed by atoms with Crippen LogP contribution in [-0.2, 0) is 11.2 Å². The molecule has 9 nitrogen and oxygen atoms in total. The Kier molecular flexibility index (Phi) is 8.24. The number of aliphatic hydroxyl groups excluding tert-OH is 1. The van der Waals surface area contributed by atoms with Crippen molar-refractivity contribution in [2.75, 3.05) is 42.4 Å². The molecule has 0 bridgehead atoms. The Morgan fingerprint density at radius 3 is 2.53 bits per heavy atom. The van der Waals surface area contributed by atoms with E-state index in [0.29, 0.717) is 23.5 Å². The van der Waals surface area contributed by atoms with Gasteiger partial charge >= 0.3 is 6.09 Å². The summed E-state index contributed by atoms with van der Waals surface area (Å²) in [5, 5.41) is 12.3. The van der Waals surface area contributed by atoms with E-state index in [2.05, 4.69) is 22.2 Å². The molecule has 36 heavy (non-hydrogen) atoms. The molecule has 0 spiro atoms. The number of likely N-dealkylation sites (N-methyl/N-ethyl adjacent to an activating group) is 1. The number of hydrogen-bond donors (Lipinski definition) is 3. The van der Waals surface area contributed by atoms with E-state index in [9.17, 15) is 14.7 Å². The first kappa shape index (κ1) is 27.0. The summed E-state index contributed by atoms with van der Waals surface area (Å²) in [6.07, 6.45) is 1.27. The number of amides is 2. The number of hydrogen-bond acceptors (Lipinski definition) is 6. The molecule has 194 valence electrons. The topological polar surface area (TPSA) is 111 Å². The molecule has 0 aliphatic rings. The molecule has 1 aromatic heterocycles. The van der Waals surface area contributed by atoms with E-state index in [1.165, 1.54) is 4.90 Å². The van der Waals surface area contributed by atoms with Gasteiger partial charge in [-0.1, -0.05) is 6.92 Å². The number of fused-ring (bicyclic) bond motifs is 1. The van der Waals surface area contributed by atoms with Crippen LogP contribution in [0.4, 0.5) is 21.9 Å². The van der Waals surface area contributed by atoms with E-state index >= 15 is 0 Å². The summed E-state index contributed by atoms with van der Waals surface area (Å²) in [6, 6.07) is 8.98. The first-order chi connectivity index (χ1) is 16.9. The molecule has 0 radical (unpaired) electrons. The average molecular weight is 496 g/mol. The van der Waals surface area contributed by atoms with Gasteiger partial charge in [0.2, 0.25) is 0 Å². The number of nitrogens with one attached hydrogen (secondary N) is 2. The lowest BCUT2D eigenvalue weighted by molar-refractivity contribution is 0.0589. The number of carbonyl (C=O) groups excluding carboxylic acids is 2. The van der Waals surface area contributed by atoms with Crippen molar-refractivity contribution in [1.82, 2.24) is 9.97 Å². The zero-order valence-corrected chi connectivity index (χ0v) is 22.2. The fraction of sp³-hybridized carbons (Fsp3) is 0.444. The van der Waals surface area contributed by atoms with Crippen LogP contribution in [0.3, 0.4) is 0 Å². The largest absolute Gasteiger partial charge is 0.443 e. The van der Waals surface area contributed by atoms with Crippen molar-refractivity contribution in [3.63, 3.8) is 0 Å². The summed E-state index contributed by atoms with van der Waals surface area (Å²) >= 11 is 0. The van der Waals surface area contributed by atoms with Crippen molar-refractivity contribution < 1.29 is 19.4 Å². The fourth-order valence-corrected chi connectivity index (χ4v) is 3.87. The van der Waals surface area contributed by atoms with Gasteiger partial charge in [-0.25, -0.2) is 9.78 Å². The van der Waals surface area contributed by atoms with E-state index in [0.717, 1.165) is 41.0 Å². The normalized spacial score (nSPS) is 11.4. The van der Waals surface area contributed by atoms with Gasteiger partial charge in [-0.05, 0) is 70.0 Å². The van der Waals surface area contributed by atoms with Gasteiger partial charge in [0.05, 0.1) is 29.0 Å². The number of H-pyrrole nitrogens is 1. The van der Waals surface area contributed by atoms with E-state index in [-0.39, 0.29) is 12.5 Å². The van der Waals surface area contributed by atoms with Gasteiger partial charge in [-0.2, -0.15) is 0 Å². The minimum atomic E-state index is -0.673. The number of benzene rings is 2. The van der Waals surface area contributed by atoms with Crippen LogP contribution >= 0.6 is 0 Å². The quantitative estimate of drug-likeness (QED) is 0.411. The van der Waals surface area contributed by atoms with Gasteiger partial charge in [-0.15, -0.1) is 0 Å². The second-order valence-electron chi connectivity index (χ2n) is 9.96. The fourth-order valence-electron chi connectivity index (χ4n) is 3.87. The van der Waals surface area contributed by atoms with Gasteiger partial charge in [-0.3, -0.25) is 9.69 Å². The monoisotopic (exact) mass is 495 g/mol. The number of aromatic nitrogens is 2. The number of imidazole rings is 1. The molecule has 0 aliphatic carbocycles. The van der Waals surface area contributed by atoms with Crippen molar-refractivity contribution in [2.24, 2.45) is 0 Å². The second-order valence-corrected chi connectivity index (χ2v) is 9.96. The van der Waals surface area contributed by atoms with Crippen LogP contribution in [-0.4, -0.2) is 59.9 Å². The minimum Gasteiger partial charge on any atom is -0.443 e. The molecule has 0 fully saturated rings. The maximum Gasteiger partial charge on any atom is 0.414 e. The molecule has 2 amide bonds. The van der Waals surface area contributed by atoms with E-state index in [1.807, 2.05) is 31.0 Å². The molecule has 0 saturated heterocycles. The van der Waals surface area contributed by atoms with Crippen molar-refractivity contribution in [1.29, 1.82) is 0 Å². The molecule has 0 saturated carbocycles. The third kappa shape index (κ3) is 6.34. The van der Waals surface area contributed by atoms with Crippen molar-refractivity contribution in [3.8, 4) is 0 Å². The highest BCUT2D eigenvalue weighted by molar-refractivity contribution is 6.09. The molecule has 0 aliphatic heterocycles. The van der Waals surface area contributed by atoms with Gasteiger partial charge in [0.25, 0.3) is 5.91 Å². The molecular weight excluding hydrogens is 458 g/mol. The standard InChI is InChI=1S/C27H37N5O4/c1-8-9-23-28-21-15-18(14-17(2)24(21)30-23)25(34)29-20-11-10-19(31(6)12-13-33)16-22(20)32(7)26(35)36-27(3,4)5/h10-11,14-16,33H,8-9,12-13H2,1-7H3,(H,28,30)(H,29,34). The van der Waals surface area contributed by atoms with Crippen molar-refractivity contribution in [3.05, 3.63) is 47.3 Å². The predicted octanol–water partition coefficient (Wildman–Crippen LogP) is 4.88. The average Bonchev–Trinajstić information content (AvgIpc) is 3.21. The smallest absolute Gasteiger partial charge is 0.414 e. The lowest BCUT2D eigenvalue weighted by Gasteiger charge is -2.27. The van der Waals surface area contributed by atoms with Crippen LogP contribution < -0.4 is 15.1 Å². The summed E-state index contributed by atoms with van der Waals surface area (Å²) in [7, 11) is 3.45. The number of anilines is 3. The van der Waals surface area contributed by atoms with Crippen LogP contribution in [0.5, 0.6) is 0 Å². The lowest BCUT2D eigenvalue weighted by atomic mass is 10.1. The van der Waals surface area contributed by atoms with E-state index in [4.69, 9.17) is 4.74 Å². The zero-order chi connectivity index (χ0) is 26.6. The summed E-state index contributed by atoms with van der Waals surface area (Å²) in [6.45, 7) is 9.83. The van der Waals surface area contributed by atoms with Crippen LogP contribution in [0, 0.1) is 6.92 Å². The first-order valence-electron chi connectivity index (χ1n) is 12.2. The molecule has 3 rings (SSSR count). The summed E-state index contributed by atoms with van der Waals surface area (Å²) < 4.78 is 5.54. The Hall–Kier alpha value is -3.59. The third-order valence-corrected chi connectivity index (χ3v) is 5.71. The van der Waals surface area contributed by atoms with Gasteiger partial charge < -0.3 is 25.0 Å². The molecule has 0 atom stereocenters.